The highest BCUT2D eigenvalue weighted by atomic mass is 79.9. The van der Waals surface area contributed by atoms with Crippen molar-refractivity contribution < 1.29 is 9.52 Å². The fourth-order valence-electron chi connectivity index (χ4n) is 3.92. The first kappa shape index (κ1) is 17.9. The number of aryl methyl sites for hydroxylation is 3. The van der Waals surface area contributed by atoms with Crippen LogP contribution in [-0.4, -0.2) is 20.9 Å². The molecule has 142 valence electrons. The van der Waals surface area contributed by atoms with E-state index in [0.717, 1.165) is 62.4 Å². The second-order valence-electron chi connectivity index (χ2n) is 7.07. The second kappa shape index (κ2) is 6.74. The minimum absolute atomic E-state index is 0.203. The summed E-state index contributed by atoms with van der Waals surface area (Å²) in [6, 6.07) is 7.48. The van der Waals surface area contributed by atoms with E-state index < -0.39 is 0 Å². The van der Waals surface area contributed by atoms with E-state index >= 15 is 0 Å². The molecule has 4 aromatic rings. The highest BCUT2D eigenvalue weighted by molar-refractivity contribution is 9.13. The lowest BCUT2D eigenvalue weighted by molar-refractivity contribution is 0.474. The van der Waals surface area contributed by atoms with Crippen molar-refractivity contribution in [1.82, 2.24) is 9.55 Å². The molecule has 1 N–H and O–H groups in total. The molecule has 2 aromatic heterocycles. The van der Waals surface area contributed by atoms with E-state index in [-0.39, 0.29) is 5.75 Å². The summed E-state index contributed by atoms with van der Waals surface area (Å²) >= 11 is 7.05. The van der Waals surface area contributed by atoms with E-state index in [2.05, 4.69) is 41.8 Å². The molecule has 0 amide bonds. The number of aromatic nitrogens is 2. The summed E-state index contributed by atoms with van der Waals surface area (Å²) < 4.78 is 9.88. The molecular formula is C21H17Br2N3O2. The Morgan fingerprint density at radius 1 is 1.18 bits per heavy atom. The number of hydrogen-bond donors (Lipinski definition) is 1. The fourth-order valence-corrected chi connectivity index (χ4v) is 4.58. The van der Waals surface area contributed by atoms with Crippen molar-refractivity contribution >= 4 is 66.0 Å². The summed E-state index contributed by atoms with van der Waals surface area (Å²) in [4.78, 5) is 9.23. The van der Waals surface area contributed by atoms with Gasteiger partial charge in [0, 0.05) is 45.1 Å². The molecule has 1 aliphatic rings. The molecule has 0 atom stereocenters. The van der Waals surface area contributed by atoms with Crippen LogP contribution in [0.5, 0.6) is 5.75 Å². The normalized spacial score (nSPS) is 14.4. The molecule has 0 unspecified atom stereocenters. The number of aliphatic imine (C=N–C) groups is 1. The SMILES string of the molecule is Cn1c(/N=C/c2c(O)ccc3oc4c(c23)CCCC4)nc2cc(Br)c(Br)cc21. The Labute approximate surface area is 178 Å². The largest absolute Gasteiger partial charge is 0.507 e. The maximum absolute atomic E-state index is 10.5. The maximum atomic E-state index is 10.5. The summed E-state index contributed by atoms with van der Waals surface area (Å²) in [6.45, 7) is 0. The Balaban J connectivity index is 1.65. The first-order valence-corrected chi connectivity index (χ1v) is 10.7. The van der Waals surface area contributed by atoms with Crippen molar-refractivity contribution in [2.45, 2.75) is 25.7 Å². The van der Waals surface area contributed by atoms with E-state index in [0.29, 0.717) is 11.5 Å². The van der Waals surface area contributed by atoms with Crippen LogP contribution in [0.3, 0.4) is 0 Å². The average Bonchev–Trinajstić information content (AvgIpc) is 3.20. The Morgan fingerprint density at radius 2 is 1.96 bits per heavy atom. The van der Waals surface area contributed by atoms with Crippen molar-refractivity contribution in [3.8, 4) is 5.75 Å². The van der Waals surface area contributed by atoms with E-state index in [1.807, 2.05) is 29.8 Å². The Kier molecular flexibility index (Phi) is 4.32. The Bertz CT molecular complexity index is 1270. The van der Waals surface area contributed by atoms with Gasteiger partial charge in [-0.1, -0.05) is 0 Å². The van der Waals surface area contributed by atoms with E-state index in [1.165, 1.54) is 5.56 Å². The van der Waals surface area contributed by atoms with E-state index in [4.69, 9.17) is 4.42 Å². The van der Waals surface area contributed by atoms with Gasteiger partial charge in [0.25, 0.3) is 0 Å². The molecule has 0 radical (unpaired) electrons. The van der Waals surface area contributed by atoms with Crippen LogP contribution < -0.4 is 0 Å². The van der Waals surface area contributed by atoms with Gasteiger partial charge in [-0.25, -0.2) is 9.98 Å². The lowest BCUT2D eigenvalue weighted by Gasteiger charge is -2.09. The van der Waals surface area contributed by atoms with Crippen LogP contribution in [0.2, 0.25) is 0 Å². The number of furan rings is 1. The number of benzene rings is 2. The number of rotatable bonds is 2. The Hall–Kier alpha value is -2.12. The topological polar surface area (TPSA) is 63.5 Å². The number of aromatic hydroxyl groups is 1. The quantitative estimate of drug-likeness (QED) is 0.333. The number of halogens is 2. The fraction of sp³-hybridized carbons (Fsp3) is 0.238. The molecule has 28 heavy (non-hydrogen) atoms. The van der Waals surface area contributed by atoms with Gasteiger partial charge >= 0.3 is 0 Å². The van der Waals surface area contributed by atoms with Crippen molar-refractivity contribution in [1.29, 1.82) is 0 Å². The van der Waals surface area contributed by atoms with Crippen molar-refractivity contribution in [3.05, 3.63) is 50.1 Å². The average molecular weight is 503 g/mol. The zero-order chi connectivity index (χ0) is 19.4. The molecule has 5 rings (SSSR count). The summed E-state index contributed by atoms with van der Waals surface area (Å²) in [7, 11) is 1.93. The van der Waals surface area contributed by atoms with Gasteiger partial charge in [0.1, 0.15) is 17.1 Å². The standard InChI is InChI=1S/C21H17Br2N3O2/c1-26-16-9-14(23)13(22)8-15(16)25-21(26)24-10-12-17(27)6-7-19-20(12)11-4-2-3-5-18(11)28-19/h6-10,27H,2-5H2,1H3/b24-10+. The van der Waals surface area contributed by atoms with Crippen molar-refractivity contribution in [2.24, 2.45) is 12.0 Å². The molecule has 0 bridgehead atoms. The molecule has 2 aromatic carbocycles. The monoisotopic (exact) mass is 501 g/mol. The first-order chi connectivity index (χ1) is 13.5. The highest BCUT2D eigenvalue weighted by Crippen LogP contribution is 2.37. The third-order valence-electron chi connectivity index (χ3n) is 5.34. The molecule has 1 aliphatic carbocycles. The van der Waals surface area contributed by atoms with Gasteiger partial charge in [-0.15, -0.1) is 0 Å². The molecular weight excluding hydrogens is 486 g/mol. The number of imidazole rings is 1. The first-order valence-electron chi connectivity index (χ1n) is 9.14. The van der Waals surface area contributed by atoms with Crippen LogP contribution in [0.25, 0.3) is 22.0 Å². The molecule has 2 heterocycles. The minimum Gasteiger partial charge on any atom is -0.507 e. The summed E-state index contributed by atoms with van der Waals surface area (Å²) in [5.74, 6) is 1.82. The number of hydrogen-bond acceptors (Lipinski definition) is 4. The lowest BCUT2D eigenvalue weighted by Crippen LogP contribution is -1.99. The van der Waals surface area contributed by atoms with E-state index in [9.17, 15) is 5.11 Å². The molecule has 0 aliphatic heterocycles. The van der Waals surface area contributed by atoms with Crippen molar-refractivity contribution in [2.75, 3.05) is 0 Å². The van der Waals surface area contributed by atoms with Gasteiger partial charge in [-0.2, -0.15) is 0 Å². The van der Waals surface area contributed by atoms with Gasteiger partial charge in [0.05, 0.1) is 11.0 Å². The number of fused-ring (bicyclic) bond motifs is 4. The van der Waals surface area contributed by atoms with E-state index in [1.54, 1.807) is 12.3 Å². The van der Waals surface area contributed by atoms with Gasteiger partial charge < -0.3 is 14.1 Å². The predicted octanol–water partition coefficient (Wildman–Crippen LogP) is 6.18. The number of phenolic OH excluding ortho intramolecular Hbond substituents is 1. The van der Waals surface area contributed by atoms with Gasteiger partial charge in [-0.05, 0) is 75.4 Å². The van der Waals surface area contributed by atoms with Crippen LogP contribution in [0, 0.1) is 0 Å². The maximum Gasteiger partial charge on any atom is 0.230 e. The molecule has 5 nitrogen and oxygen atoms in total. The number of phenols is 1. The minimum atomic E-state index is 0.203. The van der Waals surface area contributed by atoms with Crippen LogP contribution in [0.1, 0.15) is 29.7 Å². The molecule has 7 heteroatoms. The molecule has 0 saturated carbocycles. The van der Waals surface area contributed by atoms with Gasteiger partial charge in [0.15, 0.2) is 0 Å². The molecule has 0 spiro atoms. The van der Waals surface area contributed by atoms with Crippen LogP contribution in [0.4, 0.5) is 5.95 Å². The van der Waals surface area contributed by atoms with Crippen LogP contribution in [0.15, 0.2) is 42.6 Å². The smallest absolute Gasteiger partial charge is 0.230 e. The third kappa shape index (κ3) is 2.79. The molecule has 0 saturated heterocycles. The highest BCUT2D eigenvalue weighted by Gasteiger charge is 2.21. The summed E-state index contributed by atoms with van der Waals surface area (Å²) in [5, 5.41) is 11.5. The van der Waals surface area contributed by atoms with Crippen LogP contribution in [-0.2, 0) is 19.9 Å². The van der Waals surface area contributed by atoms with Crippen LogP contribution >= 0.6 is 31.9 Å². The Morgan fingerprint density at radius 3 is 2.82 bits per heavy atom. The lowest BCUT2D eigenvalue weighted by atomic mass is 9.94. The van der Waals surface area contributed by atoms with Gasteiger partial charge in [-0.3, -0.25) is 0 Å². The summed E-state index contributed by atoms with van der Waals surface area (Å²) in [6.07, 6.45) is 5.92. The zero-order valence-corrected chi connectivity index (χ0v) is 18.3. The summed E-state index contributed by atoms with van der Waals surface area (Å²) in [5.41, 5.74) is 4.54. The van der Waals surface area contributed by atoms with Gasteiger partial charge in [0.2, 0.25) is 5.95 Å². The molecule has 0 fully saturated rings. The predicted molar refractivity (Wildman–Crippen MR) is 118 cm³/mol. The third-order valence-corrected chi connectivity index (χ3v) is 7.19. The zero-order valence-electron chi connectivity index (χ0n) is 15.2. The second-order valence-corrected chi connectivity index (χ2v) is 8.78. The van der Waals surface area contributed by atoms with Crippen molar-refractivity contribution in [3.63, 3.8) is 0 Å². The number of nitrogens with zero attached hydrogens (tertiary/aromatic N) is 3.